The summed E-state index contributed by atoms with van der Waals surface area (Å²) < 4.78 is 5.57. The number of rotatable bonds is 7. The molecule has 1 aliphatic rings. The van der Waals surface area contributed by atoms with Crippen molar-refractivity contribution in [1.82, 2.24) is 5.32 Å². The zero-order valence-electron chi connectivity index (χ0n) is 10.5. The lowest BCUT2D eigenvalue weighted by Gasteiger charge is -2.10. The monoisotopic (exact) mass is 233 g/mol. The van der Waals surface area contributed by atoms with Gasteiger partial charge in [-0.1, -0.05) is 30.3 Å². The summed E-state index contributed by atoms with van der Waals surface area (Å²) in [5, 5.41) is 3.49. The first-order valence-corrected chi connectivity index (χ1v) is 6.81. The van der Waals surface area contributed by atoms with Crippen molar-refractivity contribution in [3.8, 4) is 0 Å². The van der Waals surface area contributed by atoms with Crippen molar-refractivity contribution < 1.29 is 4.74 Å². The van der Waals surface area contributed by atoms with Gasteiger partial charge in [0.15, 0.2) is 0 Å². The fraction of sp³-hybridized carbons (Fsp3) is 0.600. The minimum atomic E-state index is 0.476. The Morgan fingerprint density at radius 2 is 2.06 bits per heavy atom. The van der Waals surface area contributed by atoms with Gasteiger partial charge in [-0.3, -0.25) is 0 Å². The van der Waals surface area contributed by atoms with Crippen LogP contribution in [0.15, 0.2) is 30.3 Å². The summed E-state index contributed by atoms with van der Waals surface area (Å²) in [6.07, 6.45) is 6.66. The molecule has 0 aliphatic carbocycles. The number of ether oxygens (including phenoxy) is 1. The highest BCUT2D eigenvalue weighted by atomic mass is 16.5. The quantitative estimate of drug-likeness (QED) is 0.731. The van der Waals surface area contributed by atoms with E-state index in [-0.39, 0.29) is 0 Å². The molecule has 1 atom stereocenters. The van der Waals surface area contributed by atoms with Gasteiger partial charge in [0.25, 0.3) is 0 Å². The minimum Gasteiger partial charge on any atom is -0.377 e. The van der Waals surface area contributed by atoms with E-state index in [1.54, 1.807) is 0 Å². The first kappa shape index (κ1) is 12.6. The molecule has 1 heterocycles. The molecule has 1 aromatic rings. The van der Waals surface area contributed by atoms with Gasteiger partial charge in [0, 0.05) is 13.2 Å². The molecule has 0 aromatic heterocycles. The highest BCUT2D eigenvalue weighted by molar-refractivity contribution is 5.14. The molecule has 1 saturated heterocycles. The molecule has 17 heavy (non-hydrogen) atoms. The molecular formula is C15H23NO. The van der Waals surface area contributed by atoms with Crippen molar-refractivity contribution in [2.45, 2.75) is 38.2 Å². The fourth-order valence-electron chi connectivity index (χ4n) is 2.29. The molecule has 1 unspecified atom stereocenters. The molecule has 2 rings (SSSR count). The van der Waals surface area contributed by atoms with Crippen LogP contribution in [0.2, 0.25) is 0 Å². The lowest BCUT2D eigenvalue weighted by atomic mass is 10.1. The Bertz CT molecular complexity index is 293. The van der Waals surface area contributed by atoms with Crippen LogP contribution < -0.4 is 5.32 Å². The lowest BCUT2D eigenvalue weighted by Crippen LogP contribution is -2.27. The van der Waals surface area contributed by atoms with Gasteiger partial charge in [0.2, 0.25) is 0 Å². The van der Waals surface area contributed by atoms with Crippen LogP contribution in [-0.2, 0) is 11.2 Å². The second-order valence-corrected chi connectivity index (χ2v) is 4.78. The summed E-state index contributed by atoms with van der Waals surface area (Å²) in [7, 11) is 0. The van der Waals surface area contributed by atoms with E-state index in [1.807, 2.05) is 0 Å². The van der Waals surface area contributed by atoms with E-state index in [2.05, 4.69) is 35.6 Å². The topological polar surface area (TPSA) is 21.3 Å². The van der Waals surface area contributed by atoms with Crippen LogP contribution in [0.4, 0.5) is 0 Å². The van der Waals surface area contributed by atoms with Crippen LogP contribution in [0.5, 0.6) is 0 Å². The number of aryl methyl sites for hydroxylation is 1. The zero-order chi connectivity index (χ0) is 11.8. The maximum Gasteiger partial charge on any atom is 0.0700 e. The smallest absolute Gasteiger partial charge is 0.0700 e. The van der Waals surface area contributed by atoms with Crippen LogP contribution in [0.3, 0.4) is 0 Å². The van der Waals surface area contributed by atoms with Crippen LogP contribution in [0.25, 0.3) is 0 Å². The third-order valence-electron chi connectivity index (χ3n) is 3.31. The largest absolute Gasteiger partial charge is 0.377 e. The molecular weight excluding hydrogens is 210 g/mol. The number of benzene rings is 1. The van der Waals surface area contributed by atoms with Gasteiger partial charge in [-0.2, -0.15) is 0 Å². The van der Waals surface area contributed by atoms with E-state index >= 15 is 0 Å². The third-order valence-corrected chi connectivity index (χ3v) is 3.31. The van der Waals surface area contributed by atoms with Crippen LogP contribution in [0, 0.1) is 0 Å². The van der Waals surface area contributed by atoms with Crippen molar-refractivity contribution in [3.05, 3.63) is 35.9 Å². The van der Waals surface area contributed by atoms with Crippen molar-refractivity contribution >= 4 is 0 Å². The summed E-state index contributed by atoms with van der Waals surface area (Å²) in [4.78, 5) is 0. The van der Waals surface area contributed by atoms with Crippen molar-refractivity contribution in [2.24, 2.45) is 0 Å². The number of hydrogen-bond donors (Lipinski definition) is 1. The molecule has 2 heteroatoms. The first-order chi connectivity index (χ1) is 8.45. The fourth-order valence-corrected chi connectivity index (χ4v) is 2.29. The lowest BCUT2D eigenvalue weighted by molar-refractivity contribution is 0.110. The second-order valence-electron chi connectivity index (χ2n) is 4.78. The van der Waals surface area contributed by atoms with E-state index in [9.17, 15) is 0 Å². The van der Waals surface area contributed by atoms with Gasteiger partial charge in [-0.15, -0.1) is 0 Å². The Balaban J connectivity index is 1.46. The average molecular weight is 233 g/mol. The standard InChI is InChI=1S/C15H23NO/c1-2-7-14(8-3-1)9-4-5-11-16-13-15-10-6-12-17-15/h1-3,7-8,15-16H,4-6,9-13H2. The Labute approximate surface area is 104 Å². The summed E-state index contributed by atoms with van der Waals surface area (Å²) in [6.45, 7) is 3.11. The predicted molar refractivity (Wildman–Crippen MR) is 71.2 cm³/mol. The highest BCUT2D eigenvalue weighted by Gasteiger charge is 2.13. The Hall–Kier alpha value is -0.860. The van der Waals surface area contributed by atoms with Gasteiger partial charge >= 0.3 is 0 Å². The Kier molecular flexibility index (Phi) is 5.53. The number of nitrogens with one attached hydrogen (secondary N) is 1. The normalized spacial score (nSPS) is 19.6. The Morgan fingerprint density at radius 1 is 1.18 bits per heavy atom. The summed E-state index contributed by atoms with van der Waals surface area (Å²) in [6, 6.07) is 10.7. The molecule has 1 aromatic carbocycles. The maximum atomic E-state index is 5.57. The molecule has 1 fully saturated rings. The van der Waals surface area contributed by atoms with Gasteiger partial charge in [0.05, 0.1) is 6.10 Å². The molecule has 0 spiro atoms. The van der Waals surface area contributed by atoms with Gasteiger partial charge in [-0.25, -0.2) is 0 Å². The third kappa shape index (κ3) is 4.88. The van der Waals surface area contributed by atoms with Gasteiger partial charge in [0.1, 0.15) is 0 Å². The Morgan fingerprint density at radius 3 is 2.82 bits per heavy atom. The van der Waals surface area contributed by atoms with Gasteiger partial charge < -0.3 is 10.1 Å². The summed E-state index contributed by atoms with van der Waals surface area (Å²) in [5.41, 5.74) is 1.45. The summed E-state index contributed by atoms with van der Waals surface area (Å²) in [5.74, 6) is 0. The molecule has 0 bridgehead atoms. The van der Waals surface area contributed by atoms with E-state index in [4.69, 9.17) is 4.74 Å². The first-order valence-electron chi connectivity index (χ1n) is 6.81. The molecule has 0 amide bonds. The van der Waals surface area contributed by atoms with E-state index in [0.29, 0.717) is 6.10 Å². The molecule has 2 nitrogen and oxygen atoms in total. The summed E-state index contributed by atoms with van der Waals surface area (Å²) >= 11 is 0. The highest BCUT2D eigenvalue weighted by Crippen LogP contribution is 2.10. The number of unbranched alkanes of at least 4 members (excludes halogenated alkanes) is 1. The van der Waals surface area contributed by atoms with Crippen LogP contribution >= 0.6 is 0 Å². The molecule has 0 saturated carbocycles. The van der Waals surface area contributed by atoms with Crippen LogP contribution in [-0.4, -0.2) is 25.8 Å². The van der Waals surface area contributed by atoms with Crippen molar-refractivity contribution in [2.75, 3.05) is 19.7 Å². The second kappa shape index (κ2) is 7.46. The van der Waals surface area contributed by atoms with E-state index < -0.39 is 0 Å². The van der Waals surface area contributed by atoms with E-state index in [0.717, 1.165) is 19.7 Å². The molecule has 1 N–H and O–H groups in total. The average Bonchev–Trinajstić information content (AvgIpc) is 2.88. The molecule has 0 radical (unpaired) electrons. The number of hydrogen-bond acceptors (Lipinski definition) is 2. The SMILES string of the molecule is c1ccc(CCCCNCC2CCCO2)cc1. The van der Waals surface area contributed by atoms with Crippen molar-refractivity contribution in [1.29, 1.82) is 0 Å². The van der Waals surface area contributed by atoms with Gasteiger partial charge in [-0.05, 0) is 44.2 Å². The predicted octanol–water partition coefficient (Wildman–Crippen LogP) is 2.78. The molecule has 1 aliphatic heterocycles. The zero-order valence-corrected chi connectivity index (χ0v) is 10.5. The maximum absolute atomic E-state index is 5.57. The molecule has 94 valence electrons. The van der Waals surface area contributed by atoms with Crippen molar-refractivity contribution in [3.63, 3.8) is 0 Å². The minimum absolute atomic E-state index is 0.476. The van der Waals surface area contributed by atoms with Crippen LogP contribution in [0.1, 0.15) is 31.2 Å². The van der Waals surface area contributed by atoms with E-state index in [1.165, 1.54) is 37.7 Å².